The van der Waals surface area contributed by atoms with Gasteiger partial charge in [-0.05, 0) is 41.7 Å². The van der Waals surface area contributed by atoms with Crippen LogP contribution in [-0.4, -0.2) is 17.1 Å². The van der Waals surface area contributed by atoms with Crippen molar-refractivity contribution in [3.05, 3.63) is 65.1 Å². The van der Waals surface area contributed by atoms with E-state index in [1.807, 2.05) is 0 Å². The monoisotopic (exact) mass is 468 g/mol. The van der Waals surface area contributed by atoms with Gasteiger partial charge in [-0.15, -0.1) is 0 Å². The van der Waals surface area contributed by atoms with Crippen LogP contribution < -0.4 is 4.74 Å². The highest BCUT2D eigenvalue weighted by atomic mass is 35.5. The van der Waals surface area contributed by atoms with Crippen LogP contribution in [0, 0.1) is 34.4 Å². The molecule has 1 aliphatic rings. The summed E-state index contributed by atoms with van der Waals surface area (Å²) in [6.45, 7) is 3.22. The molecule has 1 aromatic carbocycles. The second-order valence-corrected chi connectivity index (χ2v) is 8.15. The average molecular weight is 469 g/mol. The Hall–Kier alpha value is -3.12. The van der Waals surface area contributed by atoms with E-state index in [0.29, 0.717) is 5.75 Å². The summed E-state index contributed by atoms with van der Waals surface area (Å²) >= 11 is 5.30. The number of halogens is 5. The largest absolute Gasteiger partial charge is 0.440 e. The van der Waals surface area contributed by atoms with Crippen LogP contribution in [0.5, 0.6) is 11.6 Å². The van der Waals surface area contributed by atoms with Gasteiger partial charge in [-0.25, -0.2) is 9.37 Å². The summed E-state index contributed by atoms with van der Waals surface area (Å²) in [7, 11) is 0. The number of pyridine rings is 1. The Morgan fingerprint density at radius 3 is 2.50 bits per heavy atom. The number of nitriles is 1. The maximum atomic E-state index is 13.0. The summed E-state index contributed by atoms with van der Waals surface area (Å²) < 4.78 is 61.9. The van der Waals surface area contributed by atoms with Crippen molar-refractivity contribution in [2.45, 2.75) is 26.1 Å². The molecule has 10 heteroatoms. The van der Waals surface area contributed by atoms with Gasteiger partial charge in [0.1, 0.15) is 22.7 Å². The number of carbonyl (C=O) groups is 1. The van der Waals surface area contributed by atoms with Gasteiger partial charge >= 0.3 is 12.1 Å². The molecular weight excluding hydrogens is 452 g/mol. The molecule has 0 saturated heterocycles. The van der Waals surface area contributed by atoms with E-state index in [0.717, 1.165) is 6.08 Å². The molecule has 5 nitrogen and oxygen atoms in total. The Morgan fingerprint density at radius 2 is 1.91 bits per heavy atom. The van der Waals surface area contributed by atoms with Crippen molar-refractivity contribution in [2.75, 3.05) is 0 Å². The molecule has 1 aromatic heterocycles. The van der Waals surface area contributed by atoms with Crippen molar-refractivity contribution >= 4 is 17.6 Å². The standard InChI is InChI=1S/C22H17ClF4N2O3/c1-21(2)14(10-17(23)22(25,26)27)19(21)20(30)32-16(11-28)15-4-3-5-18(29-15)31-13-8-6-12(24)7-9-13/h3-10,14,16,19H,1-2H3/b17-10-. The number of benzene rings is 1. The molecule has 0 bridgehead atoms. The Morgan fingerprint density at radius 1 is 1.25 bits per heavy atom. The van der Waals surface area contributed by atoms with Gasteiger partial charge in [0, 0.05) is 6.07 Å². The lowest BCUT2D eigenvalue weighted by molar-refractivity contribution is -0.149. The van der Waals surface area contributed by atoms with E-state index in [4.69, 9.17) is 21.1 Å². The zero-order valence-corrected chi connectivity index (χ0v) is 17.6. The Bertz CT molecular complexity index is 1080. The maximum absolute atomic E-state index is 13.0. The van der Waals surface area contributed by atoms with Crippen LogP contribution in [0.4, 0.5) is 17.6 Å². The molecule has 0 N–H and O–H groups in total. The highest BCUT2D eigenvalue weighted by Gasteiger charge is 2.62. The molecule has 0 radical (unpaired) electrons. The minimum Gasteiger partial charge on any atom is -0.440 e. The SMILES string of the molecule is CC1(C)C(/C=C(\Cl)C(F)(F)F)C1C(=O)OC(C#N)c1cccc(Oc2ccc(F)cc2)n1. The van der Waals surface area contributed by atoms with Crippen molar-refractivity contribution in [3.8, 4) is 17.7 Å². The zero-order chi connectivity index (χ0) is 23.7. The fourth-order valence-electron chi connectivity index (χ4n) is 3.29. The predicted octanol–water partition coefficient (Wildman–Crippen LogP) is 6.08. The molecule has 1 saturated carbocycles. The van der Waals surface area contributed by atoms with Crippen molar-refractivity contribution < 1.29 is 31.8 Å². The van der Waals surface area contributed by atoms with Gasteiger partial charge in [0.05, 0.1) is 11.6 Å². The van der Waals surface area contributed by atoms with E-state index in [9.17, 15) is 27.6 Å². The molecule has 2 aromatic rings. The van der Waals surface area contributed by atoms with Crippen LogP contribution in [0.3, 0.4) is 0 Å². The van der Waals surface area contributed by atoms with Crippen LogP contribution in [-0.2, 0) is 9.53 Å². The van der Waals surface area contributed by atoms with Gasteiger partial charge in [0.2, 0.25) is 12.0 Å². The Balaban J connectivity index is 1.72. The number of aromatic nitrogens is 1. The second kappa shape index (κ2) is 8.79. The lowest BCUT2D eigenvalue weighted by atomic mass is 10.1. The Labute approximate surface area is 186 Å². The van der Waals surface area contributed by atoms with Crippen molar-refractivity contribution in [3.63, 3.8) is 0 Å². The molecule has 1 heterocycles. The van der Waals surface area contributed by atoms with E-state index in [1.54, 1.807) is 19.9 Å². The van der Waals surface area contributed by atoms with Crippen LogP contribution in [0.1, 0.15) is 25.6 Å². The molecule has 32 heavy (non-hydrogen) atoms. The smallest absolute Gasteiger partial charge is 0.426 e. The minimum absolute atomic E-state index is 0.0688. The van der Waals surface area contributed by atoms with E-state index >= 15 is 0 Å². The van der Waals surface area contributed by atoms with Gasteiger partial charge in [-0.1, -0.05) is 37.6 Å². The van der Waals surface area contributed by atoms with Crippen molar-refractivity contribution in [1.82, 2.24) is 4.98 Å². The summed E-state index contributed by atoms with van der Waals surface area (Å²) in [4.78, 5) is 16.7. The van der Waals surface area contributed by atoms with E-state index in [-0.39, 0.29) is 11.6 Å². The third-order valence-corrected chi connectivity index (χ3v) is 5.50. The maximum Gasteiger partial charge on any atom is 0.426 e. The topological polar surface area (TPSA) is 72.2 Å². The molecule has 1 aliphatic carbocycles. The number of carbonyl (C=O) groups excluding carboxylic acids is 1. The third kappa shape index (κ3) is 5.19. The lowest BCUT2D eigenvalue weighted by Gasteiger charge is -2.12. The fraction of sp³-hybridized carbons (Fsp3) is 0.318. The highest BCUT2D eigenvalue weighted by molar-refractivity contribution is 6.30. The number of allylic oxidation sites excluding steroid dienone is 2. The number of esters is 1. The highest BCUT2D eigenvalue weighted by Crippen LogP contribution is 2.60. The number of ether oxygens (including phenoxy) is 2. The van der Waals surface area contributed by atoms with Gasteiger partial charge in [-0.2, -0.15) is 18.4 Å². The minimum atomic E-state index is -4.71. The molecule has 3 atom stereocenters. The number of hydrogen-bond acceptors (Lipinski definition) is 5. The van der Waals surface area contributed by atoms with Gasteiger partial charge in [0.25, 0.3) is 0 Å². The molecule has 1 fully saturated rings. The van der Waals surface area contributed by atoms with Crippen LogP contribution >= 0.6 is 11.6 Å². The van der Waals surface area contributed by atoms with Crippen LogP contribution in [0.15, 0.2) is 53.6 Å². The quantitative estimate of drug-likeness (QED) is 0.379. The Kier molecular flexibility index (Phi) is 6.46. The number of hydrogen-bond donors (Lipinski definition) is 0. The first-order chi connectivity index (χ1) is 14.9. The summed E-state index contributed by atoms with van der Waals surface area (Å²) in [6, 6.07) is 11.4. The van der Waals surface area contributed by atoms with Crippen molar-refractivity contribution in [2.24, 2.45) is 17.3 Å². The third-order valence-electron chi connectivity index (χ3n) is 5.16. The zero-order valence-electron chi connectivity index (χ0n) is 16.9. The average Bonchev–Trinajstić information content (AvgIpc) is 3.27. The molecule has 0 amide bonds. The molecule has 0 spiro atoms. The summed E-state index contributed by atoms with van der Waals surface area (Å²) in [5.74, 6) is -2.57. The number of rotatable bonds is 6. The second-order valence-electron chi connectivity index (χ2n) is 7.74. The molecule has 3 unspecified atom stereocenters. The molecular formula is C22H17ClF4N2O3. The van der Waals surface area contributed by atoms with E-state index in [1.165, 1.54) is 42.5 Å². The van der Waals surface area contributed by atoms with Gasteiger partial charge in [-0.3, -0.25) is 4.79 Å². The first-order valence-corrected chi connectivity index (χ1v) is 9.76. The fourth-order valence-corrected chi connectivity index (χ4v) is 3.43. The molecule has 168 valence electrons. The summed E-state index contributed by atoms with van der Waals surface area (Å²) in [5, 5.41) is 8.15. The molecule has 3 rings (SSSR count). The molecule has 0 aliphatic heterocycles. The van der Waals surface area contributed by atoms with Crippen LogP contribution in [0.2, 0.25) is 0 Å². The van der Waals surface area contributed by atoms with E-state index < -0.39 is 46.3 Å². The van der Waals surface area contributed by atoms with E-state index in [2.05, 4.69) is 4.98 Å². The number of nitrogens with zero attached hydrogens (tertiary/aromatic N) is 2. The van der Waals surface area contributed by atoms with Gasteiger partial charge < -0.3 is 9.47 Å². The summed E-state index contributed by atoms with van der Waals surface area (Å²) in [6.07, 6.45) is -5.32. The van der Waals surface area contributed by atoms with Gasteiger partial charge in [0.15, 0.2) is 0 Å². The predicted molar refractivity (Wildman–Crippen MR) is 106 cm³/mol. The lowest BCUT2D eigenvalue weighted by Crippen LogP contribution is -2.15. The normalized spacial score (nSPS) is 20.8. The van der Waals surface area contributed by atoms with Crippen LogP contribution in [0.25, 0.3) is 0 Å². The van der Waals surface area contributed by atoms with Crippen molar-refractivity contribution in [1.29, 1.82) is 5.26 Å². The number of alkyl halides is 3. The first kappa shape index (κ1) is 23.5. The summed E-state index contributed by atoms with van der Waals surface area (Å²) in [5.41, 5.74) is -0.747. The first-order valence-electron chi connectivity index (χ1n) is 9.38.